The van der Waals surface area contributed by atoms with Crippen LogP contribution in [0.1, 0.15) is 46.0 Å². The Morgan fingerprint density at radius 1 is 1.25 bits per heavy atom. The van der Waals surface area contributed by atoms with E-state index in [1.54, 1.807) is 0 Å². The number of halogens is 1. The lowest BCUT2D eigenvalue weighted by Crippen LogP contribution is -2.02. The Bertz CT molecular complexity index is 110. The molecule has 0 aliphatic heterocycles. The molecule has 0 saturated heterocycles. The molecule has 0 radical (unpaired) electrons. The molecule has 0 amide bonds. The summed E-state index contributed by atoms with van der Waals surface area (Å²) in [5, 5.41) is 0.365. The van der Waals surface area contributed by atoms with Gasteiger partial charge in [-0.25, -0.2) is 0 Å². The molecule has 0 aromatic carbocycles. The summed E-state index contributed by atoms with van der Waals surface area (Å²) < 4.78 is 0. The van der Waals surface area contributed by atoms with E-state index in [2.05, 4.69) is 26.5 Å². The molecular formula is C11H21Cl. The van der Waals surface area contributed by atoms with Crippen molar-refractivity contribution >= 4 is 11.6 Å². The molecule has 0 nitrogen and oxygen atoms in total. The number of rotatable bonds is 7. The largest absolute Gasteiger partial charge is 0.123 e. The standard InChI is InChI=1S/C11H21Cl/c1-4-7-10(5-2)8-9-11(12)6-3/h5,10-11H,2,4,6-9H2,1,3H3. The Morgan fingerprint density at radius 3 is 2.33 bits per heavy atom. The van der Waals surface area contributed by atoms with Gasteiger partial charge in [0.25, 0.3) is 0 Å². The number of hydrogen-bond donors (Lipinski definition) is 0. The quantitative estimate of drug-likeness (QED) is 0.411. The highest BCUT2D eigenvalue weighted by Gasteiger charge is 2.06. The maximum Gasteiger partial charge on any atom is 0.0333 e. The van der Waals surface area contributed by atoms with Gasteiger partial charge < -0.3 is 0 Å². The van der Waals surface area contributed by atoms with Crippen molar-refractivity contribution in [2.45, 2.75) is 51.3 Å². The summed E-state index contributed by atoms with van der Waals surface area (Å²) in [4.78, 5) is 0. The average Bonchev–Trinajstić information content (AvgIpc) is 2.11. The van der Waals surface area contributed by atoms with E-state index in [0.29, 0.717) is 11.3 Å². The van der Waals surface area contributed by atoms with E-state index in [0.717, 1.165) is 12.8 Å². The zero-order valence-corrected chi connectivity index (χ0v) is 9.11. The lowest BCUT2D eigenvalue weighted by atomic mass is 9.97. The third-order valence-electron chi connectivity index (χ3n) is 2.29. The third-order valence-corrected chi connectivity index (χ3v) is 2.81. The Kier molecular flexibility index (Phi) is 7.69. The first kappa shape index (κ1) is 12.0. The summed E-state index contributed by atoms with van der Waals surface area (Å²) in [5.41, 5.74) is 0. The molecule has 0 spiro atoms. The summed E-state index contributed by atoms with van der Waals surface area (Å²) in [6, 6.07) is 0. The van der Waals surface area contributed by atoms with Crippen LogP contribution in [0.4, 0.5) is 0 Å². The van der Waals surface area contributed by atoms with E-state index in [4.69, 9.17) is 11.6 Å². The highest BCUT2D eigenvalue weighted by atomic mass is 35.5. The molecule has 12 heavy (non-hydrogen) atoms. The fraction of sp³-hybridized carbons (Fsp3) is 0.818. The predicted molar refractivity (Wildman–Crippen MR) is 57.8 cm³/mol. The van der Waals surface area contributed by atoms with Crippen LogP contribution in [-0.4, -0.2) is 5.38 Å². The van der Waals surface area contributed by atoms with E-state index in [9.17, 15) is 0 Å². The van der Waals surface area contributed by atoms with Crippen LogP contribution in [0.2, 0.25) is 0 Å². The number of allylic oxidation sites excluding steroid dienone is 1. The fourth-order valence-corrected chi connectivity index (χ4v) is 1.48. The van der Waals surface area contributed by atoms with Gasteiger partial charge in [-0.1, -0.05) is 26.3 Å². The van der Waals surface area contributed by atoms with E-state index >= 15 is 0 Å². The second-order valence-corrected chi connectivity index (χ2v) is 3.98. The van der Waals surface area contributed by atoms with Crippen molar-refractivity contribution in [3.63, 3.8) is 0 Å². The second kappa shape index (κ2) is 7.67. The topological polar surface area (TPSA) is 0 Å². The van der Waals surface area contributed by atoms with Gasteiger partial charge in [0.05, 0.1) is 0 Å². The summed E-state index contributed by atoms with van der Waals surface area (Å²) in [6.07, 6.45) is 8.00. The van der Waals surface area contributed by atoms with Gasteiger partial charge in [0, 0.05) is 5.38 Å². The monoisotopic (exact) mass is 188 g/mol. The zero-order chi connectivity index (χ0) is 9.40. The number of hydrogen-bond acceptors (Lipinski definition) is 0. The minimum atomic E-state index is 0.365. The van der Waals surface area contributed by atoms with Gasteiger partial charge in [-0.3, -0.25) is 0 Å². The predicted octanol–water partition coefficient (Wildman–Crippen LogP) is 4.39. The molecular weight excluding hydrogens is 168 g/mol. The van der Waals surface area contributed by atoms with Crippen molar-refractivity contribution in [3.8, 4) is 0 Å². The van der Waals surface area contributed by atoms with Crippen LogP contribution in [-0.2, 0) is 0 Å². The molecule has 0 aromatic heterocycles. The first-order chi connectivity index (χ1) is 5.74. The van der Waals surface area contributed by atoms with Crippen LogP contribution in [0.25, 0.3) is 0 Å². The molecule has 0 aromatic rings. The lowest BCUT2D eigenvalue weighted by Gasteiger charge is -2.12. The summed E-state index contributed by atoms with van der Waals surface area (Å²) in [7, 11) is 0. The number of alkyl halides is 1. The molecule has 2 unspecified atom stereocenters. The fourth-order valence-electron chi connectivity index (χ4n) is 1.35. The molecule has 72 valence electrons. The summed E-state index contributed by atoms with van der Waals surface area (Å²) in [6.45, 7) is 8.20. The van der Waals surface area contributed by atoms with Gasteiger partial charge in [0.2, 0.25) is 0 Å². The first-order valence-corrected chi connectivity index (χ1v) is 5.44. The smallest absolute Gasteiger partial charge is 0.0333 e. The highest BCUT2D eigenvalue weighted by Crippen LogP contribution is 2.19. The maximum atomic E-state index is 6.03. The molecule has 0 rings (SSSR count). The Balaban J connectivity index is 3.49. The summed E-state index contributed by atoms with van der Waals surface area (Å²) in [5.74, 6) is 0.683. The van der Waals surface area contributed by atoms with Crippen LogP contribution in [0.15, 0.2) is 12.7 Å². The van der Waals surface area contributed by atoms with Crippen molar-refractivity contribution in [3.05, 3.63) is 12.7 Å². The summed E-state index contributed by atoms with van der Waals surface area (Å²) >= 11 is 6.03. The van der Waals surface area contributed by atoms with Gasteiger partial charge in [-0.2, -0.15) is 0 Å². The van der Waals surface area contributed by atoms with Crippen molar-refractivity contribution in [2.24, 2.45) is 5.92 Å². The Hall–Kier alpha value is 0.0300. The Labute approximate surface area is 82.0 Å². The molecule has 0 saturated carbocycles. The van der Waals surface area contributed by atoms with Gasteiger partial charge in [-0.15, -0.1) is 18.2 Å². The van der Waals surface area contributed by atoms with E-state index in [1.165, 1.54) is 19.3 Å². The van der Waals surface area contributed by atoms with Crippen LogP contribution in [0.5, 0.6) is 0 Å². The minimum Gasteiger partial charge on any atom is -0.123 e. The third kappa shape index (κ3) is 5.65. The molecule has 2 atom stereocenters. The molecule has 0 bridgehead atoms. The molecule has 0 N–H and O–H groups in total. The normalized spacial score (nSPS) is 15.6. The molecule has 1 heteroatoms. The molecule has 0 aliphatic carbocycles. The van der Waals surface area contributed by atoms with Crippen LogP contribution in [0, 0.1) is 5.92 Å². The molecule has 0 fully saturated rings. The second-order valence-electron chi connectivity index (χ2n) is 3.37. The molecule has 0 heterocycles. The molecule has 0 aliphatic rings. The zero-order valence-electron chi connectivity index (χ0n) is 8.35. The van der Waals surface area contributed by atoms with E-state index < -0.39 is 0 Å². The minimum absolute atomic E-state index is 0.365. The van der Waals surface area contributed by atoms with Crippen molar-refractivity contribution in [1.29, 1.82) is 0 Å². The average molecular weight is 189 g/mol. The van der Waals surface area contributed by atoms with Crippen molar-refractivity contribution in [1.82, 2.24) is 0 Å². The Morgan fingerprint density at radius 2 is 1.92 bits per heavy atom. The van der Waals surface area contributed by atoms with Crippen molar-refractivity contribution in [2.75, 3.05) is 0 Å². The van der Waals surface area contributed by atoms with Gasteiger partial charge in [0.1, 0.15) is 0 Å². The highest BCUT2D eigenvalue weighted by molar-refractivity contribution is 6.20. The maximum absolute atomic E-state index is 6.03. The van der Waals surface area contributed by atoms with E-state index in [-0.39, 0.29) is 0 Å². The van der Waals surface area contributed by atoms with Gasteiger partial charge in [0.15, 0.2) is 0 Å². The van der Waals surface area contributed by atoms with Crippen molar-refractivity contribution < 1.29 is 0 Å². The SMILES string of the molecule is C=CC(CCC)CCC(Cl)CC. The van der Waals surface area contributed by atoms with Crippen LogP contribution >= 0.6 is 11.6 Å². The van der Waals surface area contributed by atoms with E-state index in [1.807, 2.05) is 0 Å². The van der Waals surface area contributed by atoms with Gasteiger partial charge >= 0.3 is 0 Å². The first-order valence-electron chi connectivity index (χ1n) is 5.01. The van der Waals surface area contributed by atoms with Crippen LogP contribution < -0.4 is 0 Å². The van der Waals surface area contributed by atoms with Crippen LogP contribution in [0.3, 0.4) is 0 Å². The van der Waals surface area contributed by atoms with Gasteiger partial charge in [-0.05, 0) is 31.6 Å². The lowest BCUT2D eigenvalue weighted by molar-refractivity contribution is 0.505.